The Morgan fingerprint density at radius 1 is 1.18 bits per heavy atom. The quantitative estimate of drug-likeness (QED) is 0.762. The van der Waals surface area contributed by atoms with E-state index in [9.17, 15) is 19.5 Å². The molecule has 0 radical (unpaired) electrons. The Morgan fingerprint density at radius 3 is 2.54 bits per heavy atom. The number of halogens is 1. The van der Waals surface area contributed by atoms with Gasteiger partial charge in [0.2, 0.25) is 0 Å². The maximum absolute atomic E-state index is 12.9. The molecule has 1 aliphatic rings. The van der Waals surface area contributed by atoms with E-state index in [1.54, 1.807) is 37.3 Å². The van der Waals surface area contributed by atoms with E-state index in [0.717, 1.165) is 0 Å². The average Bonchev–Trinajstić information content (AvgIpc) is 2.67. The summed E-state index contributed by atoms with van der Waals surface area (Å²) in [4.78, 5) is 37.9. The van der Waals surface area contributed by atoms with Crippen molar-refractivity contribution in [1.82, 2.24) is 5.32 Å². The number of aromatic carboxylic acids is 1. The monoisotopic (exact) mass is 400 g/mol. The number of carboxylic acids is 1. The number of hydrogen-bond acceptors (Lipinski definition) is 4. The van der Waals surface area contributed by atoms with Gasteiger partial charge in [0.25, 0.3) is 0 Å². The zero-order chi connectivity index (χ0) is 20.4. The van der Waals surface area contributed by atoms with Crippen LogP contribution < -0.4 is 10.2 Å². The van der Waals surface area contributed by atoms with Crippen molar-refractivity contribution in [2.24, 2.45) is 0 Å². The summed E-state index contributed by atoms with van der Waals surface area (Å²) < 4.78 is 4.92. The summed E-state index contributed by atoms with van der Waals surface area (Å²) in [6.45, 7) is 1.60. The summed E-state index contributed by atoms with van der Waals surface area (Å²) in [5.41, 5.74) is 1.41. The summed E-state index contributed by atoms with van der Waals surface area (Å²) in [5.74, 6) is -1.75. The van der Waals surface area contributed by atoms with E-state index < -0.39 is 24.0 Å². The van der Waals surface area contributed by atoms with Crippen LogP contribution in [-0.4, -0.2) is 30.2 Å². The molecular weight excluding hydrogens is 384 g/mol. The highest BCUT2D eigenvalue weighted by molar-refractivity contribution is 6.31. The van der Waals surface area contributed by atoms with Gasteiger partial charge in [0.15, 0.2) is 0 Å². The van der Waals surface area contributed by atoms with Crippen LogP contribution in [0.15, 0.2) is 59.8 Å². The second kappa shape index (κ2) is 7.74. The fourth-order valence-electron chi connectivity index (χ4n) is 3.15. The third-order valence-electron chi connectivity index (χ3n) is 4.46. The van der Waals surface area contributed by atoms with Gasteiger partial charge in [-0.05, 0) is 36.8 Å². The molecule has 7 nitrogen and oxygen atoms in total. The van der Waals surface area contributed by atoms with Crippen molar-refractivity contribution in [2.75, 3.05) is 12.0 Å². The Balaban J connectivity index is 2.17. The van der Waals surface area contributed by atoms with Crippen molar-refractivity contribution in [2.45, 2.75) is 13.0 Å². The Hall–Kier alpha value is -3.32. The van der Waals surface area contributed by atoms with Gasteiger partial charge < -0.3 is 15.2 Å². The molecule has 1 atom stereocenters. The van der Waals surface area contributed by atoms with Gasteiger partial charge in [-0.15, -0.1) is 0 Å². The number of urea groups is 1. The molecule has 144 valence electrons. The molecule has 2 N–H and O–H groups in total. The van der Waals surface area contributed by atoms with Crippen LogP contribution in [0.5, 0.6) is 0 Å². The molecule has 8 heteroatoms. The van der Waals surface area contributed by atoms with Crippen LogP contribution in [-0.2, 0) is 9.53 Å². The maximum Gasteiger partial charge on any atom is 0.337 e. The molecule has 0 unspecified atom stereocenters. The molecule has 2 aromatic carbocycles. The van der Waals surface area contributed by atoms with Crippen LogP contribution in [0.3, 0.4) is 0 Å². The lowest BCUT2D eigenvalue weighted by atomic mass is 9.94. The first-order chi connectivity index (χ1) is 13.3. The third kappa shape index (κ3) is 3.44. The van der Waals surface area contributed by atoms with Gasteiger partial charge in [0.1, 0.15) is 0 Å². The normalized spacial score (nSPS) is 16.6. The number of rotatable bonds is 4. The number of nitrogens with zero attached hydrogens (tertiary/aromatic N) is 1. The topological polar surface area (TPSA) is 95.9 Å². The van der Waals surface area contributed by atoms with E-state index in [4.69, 9.17) is 16.3 Å². The van der Waals surface area contributed by atoms with Crippen molar-refractivity contribution in [3.8, 4) is 0 Å². The highest BCUT2D eigenvalue weighted by Gasteiger charge is 2.37. The number of ether oxygens (including phenoxy) is 1. The van der Waals surface area contributed by atoms with Crippen molar-refractivity contribution >= 4 is 35.3 Å². The molecule has 2 amide bonds. The molecule has 0 bridgehead atoms. The molecule has 3 rings (SSSR count). The van der Waals surface area contributed by atoms with Crippen LogP contribution in [0.4, 0.5) is 10.5 Å². The van der Waals surface area contributed by atoms with E-state index in [1.165, 1.54) is 30.2 Å². The van der Waals surface area contributed by atoms with Crippen molar-refractivity contribution in [3.05, 3.63) is 76.0 Å². The number of esters is 1. The number of nitrogens with one attached hydrogen (secondary N) is 1. The third-order valence-corrected chi connectivity index (χ3v) is 4.80. The maximum atomic E-state index is 12.9. The zero-order valence-corrected chi connectivity index (χ0v) is 15.9. The number of carbonyl (C=O) groups is 3. The van der Waals surface area contributed by atoms with E-state index in [2.05, 4.69) is 5.32 Å². The predicted molar refractivity (Wildman–Crippen MR) is 103 cm³/mol. The molecule has 1 aliphatic heterocycles. The summed E-state index contributed by atoms with van der Waals surface area (Å²) in [6.07, 6.45) is 0. The van der Waals surface area contributed by atoms with Crippen molar-refractivity contribution in [1.29, 1.82) is 0 Å². The molecule has 0 saturated carbocycles. The first-order valence-electron chi connectivity index (χ1n) is 8.32. The van der Waals surface area contributed by atoms with Crippen LogP contribution in [0.1, 0.15) is 28.9 Å². The minimum atomic E-state index is -1.12. The first kappa shape index (κ1) is 19.4. The van der Waals surface area contributed by atoms with Gasteiger partial charge in [-0.1, -0.05) is 35.9 Å². The smallest absolute Gasteiger partial charge is 0.337 e. The fourth-order valence-corrected chi connectivity index (χ4v) is 3.39. The summed E-state index contributed by atoms with van der Waals surface area (Å²) in [7, 11) is 1.25. The highest BCUT2D eigenvalue weighted by Crippen LogP contribution is 2.36. The van der Waals surface area contributed by atoms with Crippen LogP contribution in [0.25, 0.3) is 0 Å². The second-order valence-electron chi connectivity index (χ2n) is 6.09. The average molecular weight is 401 g/mol. The molecule has 0 aliphatic carbocycles. The number of amides is 2. The molecular formula is C20H17ClN2O5. The number of carbonyl (C=O) groups excluding carboxylic acids is 2. The molecule has 0 spiro atoms. The fraction of sp³-hybridized carbons (Fsp3) is 0.150. The number of carboxylic acid groups (broad SMARTS) is 1. The Labute approximate surface area is 166 Å². The van der Waals surface area contributed by atoms with Gasteiger partial charge in [-0.3, -0.25) is 4.90 Å². The van der Waals surface area contributed by atoms with Gasteiger partial charge in [0, 0.05) is 10.7 Å². The largest absolute Gasteiger partial charge is 0.478 e. The van der Waals surface area contributed by atoms with Crippen LogP contribution >= 0.6 is 11.6 Å². The summed E-state index contributed by atoms with van der Waals surface area (Å²) in [6, 6.07) is 11.4. The zero-order valence-electron chi connectivity index (χ0n) is 15.1. The van der Waals surface area contributed by atoms with E-state index in [0.29, 0.717) is 22.0 Å². The van der Waals surface area contributed by atoms with E-state index in [-0.39, 0.29) is 11.1 Å². The van der Waals surface area contributed by atoms with Gasteiger partial charge >= 0.3 is 18.0 Å². The number of allylic oxidation sites excluding steroid dienone is 1. The number of hydrogen-bond donors (Lipinski definition) is 2. The van der Waals surface area contributed by atoms with Crippen LogP contribution in [0, 0.1) is 0 Å². The Bertz CT molecular complexity index is 1000. The van der Waals surface area contributed by atoms with Gasteiger partial charge in [-0.25, -0.2) is 14.4 Å². The predicted octanol–water partition coefficient (Wildman–Crippen LogP) is 3.76. The standard InChI is InChI=1S/C20H17ClN2O5/c1-11-16(19(26)28-2)17(14-8-3-4-9-15(14)21)22-20(27)23(11)13-7-5-6-12(10-13)18(24)25/h3-10,17H,1-2H3,(H,22,27)(H,24,25)/t17-/m1/s1. The second-order valence-corrected chi connectivity index (χ2v) is 6.49. The van der Waals surface area contributed by atoms with E-state index in [1.807, 2.05) is 0 Å². The minimum Gasteiger partial charge on any atom is -0.478 e. The molecule has 0 saturated heterocycles. The SMILES string of the molecule is COC(=O)C1=C(C)N(c2cccc(C(=O)O)c2)C(=O)N[C@@H]1c1ccccc1Cl. The molecule has 0 fully saturated rings. The lowest BCUT2D eigenvalue weighted by Gasteiger charge is -2.35. The molecule has 1 heterocycles. The number of methoxy groups -OCH3 is 1. The Morgan fingerprint density at radius 2 is 1.89 bits per heavy atom. The summed E-state index contributed by atoms with van der Waals surface area (Å²) >= 11 is 6.27. The van der Waals surface area contributed by atoms with Gasteiger partial charge in [-0.2, -0.15) is 0 Å². The molecule has 2 aromatic rings. The lowest BCUT2D eigenvalue weighted by molar-refractivity contribution is -0.136. The lowest BCUT2D eigenvalue weighted by Crippen LogP contribution is -2.48. The molecule has 0 aromatic heterocycles. The first-order valence-corrected chi connectivity index (χ1v) is 8.70. The minimum absolute atomic E-state index is 0.0194. The van der Waals surface area contributed by atoms with Crippen molar-refractivity contribution < 1.29 is 24.2 Å². The Kier molecular flexibility index (Phi) is 5.37. The van der Waals surface area contributed by atoms with Crippen LogP contribution in [0.2, 0.25) is 5.02 Å². The van der Waals surface area contributed by atoms with Crippen molar-refractivity contribution in [3.63, 3.8) is 0 Å². The molecule has 28 heavy (non-hydrogen) atoms. The number of benzene rings is 2. The highest BCUT2D eigenvalue weighted by atomic mass is 35.5. The van der Waals surface area contributed by atoms with Gasteiger partial charge in [0.05, 0.1) is 30.0 Å². The summed E-state index contributed by atoms with van der Waals surface area (Å²) in [5, 5.41) is 12.4. The number of anilines is 1. The van der Waals surface area contributed by atoms with E-state index >= 15 is 0 Å².